The largest absolute Gasteiger partial charge is 0.452 e. The number of ether oxygens (including phenoxy) is 2. The van der Waals surface area contributed by atoms with Crippen molar-refractivity contribution in [1.82, 2.24) is 10.3 Å². The van der Waals surface area contributed by atoms with Gasteiger partial charge in [0.15, 0.2) is 6.61 Å². The molecule has 1 amide bonds. The standard InChI is InChI=1S/C23H21ClN2O4/c24-16-9-7-15(8-10-16)21-12-19(18-5-1-2-6-20(18)26-21)23(28)30-14-22(27)25-13-17-4-3-11-29-17/h1-2,5-10,12,17H,3-4,11,13-14H2,(H,25,27)/t17-/m1/s1. The number of hydrogen-bond donors (Lipinski definition) is 1. The van der Waals surface area contributed by atoms with E-state index in [1.165, 1.54) is 0 Å². The number of esters is 1. The third-order valence-corrected chi connectivity index (χ3v) is 5.21. The molecule has 154 valence electrons. The number of halogens is 1. The molecule has 1 aromatic heterocycles. The second-order valence-corrected chi connectivity index (χ2v) is 7.53. The fourth-order valence-electron chi connectivity index (χ4n) is 3.41. The van der Waals surface area contributed by atoms with E-state index in [4.69, 9.17) is 21.1 Å². The number of nitrogens with zero attached hydrogens (tertiary/aromatic N) is 1. The third kappa shape index (κ3) is 4.78. The zero-order chi connectivity index (χ0) is 20.9. The summed E-state index contributed by atoms with van der Waals surface area (Å²) in [6, 6.07) is 16.2. The van der Waals surface area contributed by atoms with Crippen molar-refractivity contribution in [3.63, 3.8) is 0 Å². The fraction of sp³-hybridized carbons (Fsp3) is 0.261. The quantitative estimate of drug-likeness (QED) is 0.605. The van der Waals surface area contributed by atoms with Crippen molar-refractivity contribution in [2.24, 2.45) is 0 Å². The predicted octanol–water partition coefficient (Wildman–Crippen LogP) is 4.01. The highest BCUT2D eigenvalue weighted by molar-refractivity contribution is 6.30. The average molecular weight is 425 g/mol. The first kappa shape index (κ1) is 20.3. The van der Waals surface area contributed by atoms with Gasteiger partial charge in [0, 0.05) is 29.1 Å². The zero-order valence-corrected chi connectivity index (χ0v) is 17.0. The number of benzene rings is 2. The first-order valence-corrected chi connectivity index (χ1v) is 10.2. The summed E-state index contributed by atoms with van der Waals surface area (Å²) in [4.78, 5) is 29.5. The van der Waals surface area contributed by atoms with Crippen molar-refractivity contribution in [2.75, 3.05) is 19.8 Å². The van der Waals surface area contributed by atoms with Gasteiger partial charge in [0.2, 0.25) is 0 Å². The minimum Gasteiger partial charge on any atom is -0.452 e. The number of carbonyl (C=O) groups excluding carboxylic acids is 2. The summed E-state index contributed by atoms with van der Waals surface area (Å²) >= 11 is 5.97. The summed E-state index contributed by atoms with van der Waals surface area (Å²) < 4.78 is 10.8. The molecule has 1 saturated heterocycles. The van der Waals surface area contributed by atoms with Gasteiger partial charge in [0.1, 0.15) is 0 Å². The lowest BCUT2D eigenvalue weighted by Crippen LogP contribution is -2.34. The molecule has 4 rings (SSSR count). The molecule has 1 fully saturated rings. The van der Waals surface area contributed by atoms with Gasteiger partial charge in [-0.3, -0.25) is 4.79 Å². The Hall–Kier alpha value is -2.96. The normalized spacial score (nSPS) is 15.8. The molecule has 0 bridgehead atoms. The third-order valence-electron chi connectivity index (χ3n) is 4.96. The second kappa shape index (κ2) is 9.24. The molecule has 2 aromatic carbocycles. The van der Waals surface area contributed by atoms with E-state index in [0.717, 1.165) is 25.0 Å². The minimum absolute atomic E-state index is 0.0377. The Balaban J connectivity index is 1.50. The molecule has 0 radical (unpaired) electrons. The summed E-state index contributed by atoms with van der Waals surface area (Å²) in [6.07, 6.45) is 1.97. The average Bonchev–Trinajstić information content (AvgIpc) is 3.29. The number of fused-ring (bicyclic) bond motifs is 1. The number of para-hydroxylation sites is 1. The van der Waals surface area contributed by atoms with E-state index in [1.807, 2.05) is 36.4 Å². The molecule has 1 atom stereocenters. The van der Waals surface area contributed by atoms with Crippen molar-refractivity contribution in [1.29, 1.82) is 0 Å². The van der Waals surface area contributed by atoms with E-state index in [1.54, 1.807) is 18.2 Å². The molecule has 1 aliphatic rings. The van der Waals surface area contributed by atoms with Crippen molar-refractivity contribution in [2.45, 2.75) is 18.9 Å². The van der Waals surface area contributed by atoms with Crippen LogP contribution in [0.5, 0.6) is 0 Å². The molecule has 3 aromatic rings. The number of nitrogens with one attached hydrogen (secondary N) is 1. The molecule has 0 unspecified atom stereocenters. The van der Waals surface area contributed by atoms with Gasteiger partial charge in [-0.15, -0.1) is 0 Å². The second-order valence-electron chi connectivity index (χ2n) is 7.09. The number of rotatable bonds is 6. The molecule has 1 N–H and O–H groups in total. The number of aromatic nitrogens is 1. The number of pyridine rings is 1. The molecule has 0 spiro atoms. The van der Waals surface area contributed by atoms with E-state index < -0.39 is 5.97 Å². The summed E-state index contributed by atoms with van der Waals surface area (Å²) in [5.74, 6) is -0.925. The van der Waals surface area contributed by atoms with E-state index in [2.05, 4.69) is 10.3 Å². The molecular weight excluding hydrogens is 404 g/mol. The maximum Gasteiger partial charge on any atom is 0.339 e. The highest BCUT2D eigenvalue weighted by Gasteiger charge is 2.19. The highest BCUT2D eigenvalue weighted by atomic mass is 35.5. The van der Waals surface area contributed by atoms with Gasteiger partial charge in [-0.05, 0) is 37.1 Å². The first-order chi connectivity index (χ1) is 14.6. The molecule has 0 aliphatic carbocycles. The molecular formula is C23H21ClN2O4. The van der Waals surface area contributed by atoms with Crippen molar-refractivity contribution in [3.8, 4) is 11.3 Å². The summed E-state index contributed by atoms with van der Waals surface area (Å²) in [5, 5.41) is 4.03. The van der Waals surface area contributed by atoms with Crippen LogP contribution in [0.15, 0.2) is 54.6 Å². The van der Waals surface area contributed by atoms with Gasteiger partial charge < -0.3 is 14.8 Å². The summed E-state index contributed by atoms with van der Waals surface area (Å²) in [5.41, 5.74) is 2.48. The van der Waals surface area contributed by atoms with Crippen LogP contribution in [-0.4, -0.2) is 42.7 Å². The zero-order valence-electron chi connectivity index (χ0n) is 16.3. The van der Waals surface area contributed by atoms with E-state index in [9.17, 15) is 9.59 Å². The topological polar surface area (TPSA) is 77.5 Å². The first-order valence-electron chi connectivity index (χ1n) is 9.81. The van der Waals surface area contributed by atoms with Crippen LogP contribution < -0.4 is 5.32 Å². The maximum absolute atomic E-state index is 12.8. The minimum atomic E-state index is -0.573. The van der Waals surface area contributed by atoms with Crippen molar-refractivity contribution in [3.05, 3.63) is 65.2 Å². The molecule has 30 heavy (non-hydrogen) atoms. The summed E-state index contributed by atoms with van der Waals surface area (Å²) in [7, 11) is 0. The van der Waals surface area contributed by atoms with Crippen LogP contribution in [0.2, 0.25) is 5.02 Å². The Morgan fingerprint density at radius 3 is 2.73 bits per heavy atom. The molecule has 6 nitrogen and oxygen atoms in total. The lowest BCUT2D eigenvalue weighted by molar-refractivity contribution is -0.124. The number of amides is 1. The smallest absolute Gasteiger partial charge is 0.339 e. The summed E-state index contributed by atoms with van der Waals surface area (Å²) in [6.45, 7) is 0.800. The van der Waals surface area contributed by atoms with Crippen LogP contribution in [-0.2, 0) is 14.3 Å². The van der Waals surface area contributed by atoms with Crippen LogP contribution in [0.1, 0.15) is 23.2 Å². The lowest BCUT2D eigenvalue weighted by Gasteiger charge is -2.12. The lowest BCUT2D eigenvalue weighted by atomic mass is 10.0. The Kier molecular flexibility index (Phi) is 6.26. The molecule has 7 heteroatoms. The predicted molar refractivity (Wildman–Crippen MR) is 114 cm³/mol. The Bertz CT molecular complexity index is 1060. The SMILES string of the molecule is O=C(COC(=O)c1cc(-c2ccc(Cl)cc2)nc2ccccc12)NC[C@H]1CCCO1. The maximum atomic E-state index is 12.8. The molecule has 2 heterocycles. The molecule has 1 aliphatic heterocycles. The van der Waals surface area contributed by atoms with E-state index in [-0.39, 0.29) is 18.6 Å². The van der Waals surface area contributed by atoms with Crippen molar-refractivity contribution >= 4 is 34.4 Å². The number of carbonyl (C=O) groups is 2. The highest BCUT2D eigenvalue weighted by Crippen LogP contribution is 2.26. The number of hydrogen-bond acceptors (Lipinski definition) is 5. The Morgan fingerprint density at radius 2 is 1.97 bits per heavy atom. The van der Waals surface area contributed by atoms with E-state index >= 15 is 0 Å². The van der Waals surface area contributed by atoms with Gasteiger partial charge in [-0.2, -0.15) is 0 Å². The monoisotopic (exact) mass is 424 g/mol. The van der Waals surface area contributed by atoms with Crippen LogP contribution >= 0.6 is 11.6 Å². The van der Waals surface area contributed by atoms with Gasteiger partial charge >= 0.3 is 5.97 Å². The van der Waals surface area contributed by atoms with Crippen LogP contribution in [0.25, 0.3) is 22.2 Å². The van der Waals surface area contributed by atoms with Gasteiger partial charge in [-0.25, -0.2) is 9.78 Å². The van der Waals surface area contributed by atoms with Crippen LogP contribution in [0.3, 0.4) is 0 Å². The Labute approximate surface area is 179 Å². The van der Waals surface area contributed by atoms with Gasteiger partial charge in [0.25, 0.3) is 5.91 Å². The van der Waals surface area contributed by atoms with Gasteiger partial charge in [-0.1, -0.05) is 41.9 Å². The van der Waals surface area contributed by atoms with Crippen molar-refractivity contribution < 1.29 is 19.1 Å². The Morgan fingerprint density at radius 1 is 1.17 bits per heavy atom. The van der Waals surface area contributed by atoms with E-state index in [0.29, 0.717) is 33.7 Å². The van der Waals surface area contributed by atoms with Gasteiger partial charge in [0.05, 0.1) is 22.9 Å². The van der Waals surface area contributed by atoms with Crippen LogP contribution in [0, 0.1) is 0 Å². The molecule has 0 saturated carbocycles. The van der Waals surface area contributed by atoms with Crippen LogP contribution in [0.4, 0.5) is 0 Å². The fourth-order valence-corrected chi connectivity index (χ4v) is 3.53.